The average Bonchev–Trinajstić information content (AvgIpc) is 2.67. The summed E-state index contributed by atoms with van der Waals surface area (Å²) < 4.78 is 5.35. The van der Waals surface area contributed by atoms with Crippen LogP contribution in [0.25, 0.3) is 0 Å². The minimum absolute atomic E-state index is 0.0784. The highest BCUT2D eigenvalue weighted by molar-refractivity contribution is 5.81. The normalized spacial score (nSPS) is 15.6. The topological polar surface area (TPSA) is 41.6 Å². The Bertz CT molecular complexity index is 332. The highest BCUT2D eigenvalue weighted by Crippen LogP contribution is 2.29. The molecule has 0 saturated heterocycles. The van der Waals surface area contributed by atoms with Crippen molar-refractivity contribution in [3.8, 4) is 0 Å². The smallest absolute Gasteiger partial charge is 0.330 e. The summed E-state index contributed by atoms with van der Waals surface area (Å²) in [7, 11) is 0. The van der Waals surface area contributed by atoms with E-state index in [1.165, 1.54) is 6.08 Å². The van der Waals surface area contributed by atoms with Gasteiger partial charge in [0.25, 0.3) is 0 Å². The lowest BCUT2D eigenvalue weighted by Crippen LogP contribution is -2.47. The second kappa shape index (κ2) is 4.82. The molecule has 17 heavy (non-hydrogen) atoms. The Hall–Kier alpha value is -1.45. The minimum atomic E-state index is -0.509. The van der Waals surface area contributed by atoms with Gasteiger partial charge in [-0.2, -0.15) is 0 Å². The van der Waals surface area contributed by atoms with Gasteiger partial charge in [0, 0.05) is 30.4 Å². The molecule has 4 heteroatoms. The van der Waals surface area contributed by atoms with Gasteiger partial charge in [0.05, 0.1) is 6.67 Å². The molecule has 0 radical (unpaired) electrons. The fourth-order valence-corrected chi connectivity index (χ4v) is 2.26. The molecule has 0 aliphatic carbocycles. The number of carbonyl (C=O) groups is 1. The number of esters is 1. The Labute approximate surface area is 103 Å². The summed E-state index contributed by atoms with van der Waals surface area (Å²) in [6.07, 6.45) is 5.88. The monoisotopic (exact) mass is 238 g/mol. The van der Waals surface area contributed by atoms with Crippen molar-refractivity contribution in [3.63, 3.8) is 0 Å². The Morgan fingerprint density at radius 3 is 2.65 bits per heavy atom. The molecule has 0 fully saturated rings. The van der Waals surface area contributed by atoms with Gasteiger partial charge in [0.15, 0.2) is 0 Å². The van der Waals surface area contributed by atoms with Crippen molar-refractivity contribution in [3.05, 3.63) is 25.1 Å². The van der Waals surface area contributed by atoms with Crippen LogP contribution in [0.2, 0.25) is 0 Å². The number of rotatable bonds is 5. The zero-order chi connectivity index (χ0) is 13.1. The largest absolute Gasteiger partial charge is 0.456 e. The quantitative estimate of drug-likeness (QED) is 0.587. The van der Waals surface area contributed by atoms with E-state index < -0.39 is 5.60 Å². The highest BCUT2D eigenvalue weighted by atomic mass is 16.6. The molecule has 0 aromatic rings. The number of carbonyl (C=O) groups excluding carboxylic acids is 1. The Morgan fingerprint density at radius 2 is 2.18 bits per heavy atom. The molecule has 0 spiro atoms. The van der Waals surface area contributed by atoms with Gasteiger partial charge >= 0.3 is 5.97 Å². The fourth-order valence-electron chi connectivity index (χ4n) is 2.26. The van der Waals surface area contributed by atoms with Crippen LogP contribution >= 0.6 is 0 Å². The average molecular weight is 238 g/mol. The number of hydrogen-bond acceptors (Lipinski definition) is 4. The number of hydrogen-bond donors (Lipinski definition) is 1. The highest BCUT2D eigenvalue weighted by Gasteiger charge is 2.35. The predicted molar refractivity (Wildman–Crippen MR) is 68.0 cm³/mol. The molecule has 1 heterocycles. The van der Waals surface area contributed by atoms with Crippen molar-refractivity contribution < 1.29 is 9.53 Å². The van der Waals surface area contributed by atoms with E-state index in [0.29, 0.717) is 0 Å². The molecule has 96 valence electrons. The lowest BCUT2D eigenvalue weighted by atomic mass is 9.88. The molecule has 0 bridgehead atoms. The van der Waals surface area contributed by atoms with Crippen LogP contribution in [0.3, 0.4) is 0 Å². The van der Waals surface area contributed by atoms with Gasteiger partial charge in [-0.25, -0.2) is 4.79 Å². The third-order valence-electron chi connectivity index (χ3n) is 2.81. The molecular formula is C13H22N2O2. The van der Waals surface area contributed by atoms with Crippen molar-refractivity contribution in [1.29, 1.82) is 0 Å². The number of ether oxygens (including phenoxy) is 1. The van der Waals surface area contributed by atoms with Crippen LogP contribution < -0.4 is 5.32 Å². The van der Waals surface area contributed by atoms with Crippen LogP contribution in [-0.4, -0.2) is 28.7 Å². The molecule has 0 aromatic heterocycles. The minimum Gasteiger partial charge on any atom is -0.456 e. The maximum Gasteiger partial charge on any atom is 0.330 e. The second-order valence-corrected chi connectivity index (χ2v) is 5.52. The second-order valence-electron chi connectivity index (χ2n) is 5.52. The van der Waals surface area contributed by atoms with Crippen molar-refractivity contribution in [2.24, 2.45) is 0 Å². The van der Waals surface area contributed by atoms with Crippen LogP contribution in [0.4, 0.5) is 0 Å². The molecule has 1 rings (SSSR count). The molecule has 0 amide bonds. The van der Waals surface area contributed by atoms with Gasteiger partial charge in [-0.1, -0.05) is 6.58 Å². The van der Waals surface area contributed by atoms with Crippen molar-refractivity contribution in [2.75, 3.05) is 6.67 Å². The first-order chi connectivity index (χ1) is 7.77. The first-order valence-corrected chi connectivity index (χ1v) is 5.79. The standard InChI is InChI=1S/C13H22N2O2/c1-6-11(16)17-13(4,5)9-12(2,3)15-8-7-14-10-15/h6-8,14H,1,9-10H2,2-5H3. The lowest BCUT2D eigenvalue weighted by Gasteiger charge is -2.40. The third kappa shape index (κ3) is 3.80. The SMILES string of the molecule is C=CC(=O)OC(C)(C)CC(C)(C)N1C=CNC1. The van der Waals surface area contributed by atoms with Gasteiger partial charge in [0.1, 0.15) is 5.60 Å². The molecule has 1 N–H and O–H groups in total. The van der Waals surface area contributed by atoms with Gasteiger partial charge < -0.3 is 15.0 Å². The number of nitrogens with zero attached hydrogens (tertiary/aromatic N) is 1. The molecule has 1 aliphatic rings. The maximum absolute atomic E-state index is 11.3. The summed E-state index contributed by atoms with van der Waals surface area (Å²) in [5, 5.41) is 3.14. The van der Waals surface area contributed by atoms with Crippen LogP contribution in [0, 0.1) is 0 Å². The zero-order valence-corrected chi connectivity index (χ0v) is 11.1. The molecule has 1 aliphatic heterocycles. The summed E-state index contributed by atoms with van der Waals surface area (Å²) in [5.41, 5.74) is -0.587. The van der Waals surface area contributed by atoms with E-state index in [2.05, 4.69) is 30.6 Å². The van der Waals surface area contributed by atoms with Crippen LogP contribution in [0.1, 0.15) is 34.1 Å². The van der Waals surface area contributed by atoms with E-state index in [9.17, 15) is 4.79 Å². The van der Waals surface area contributed by atoms with Crippen LogP contribution in [0.15, 0.2) is 25.1 Å². The Morgan fingerprint density at radius 1 is 1.53 bits per heavy atom. The summed E-state index contributed by atoms with van der Waals surface area (Å²) in [6, 6.07) is 0. The van der Waals surface area contributed by atoms with E-state index >= 15 is 0 Å². The summed E-state index contributed by atoms with van der Waals surface area (Å²) >= 11 is 0. The maximum atomic E-state index is 11.3. The predicted octanol–water partition coefficient (Wildman–Crippen LogP) is 2.00. The molecule has 0 atom stereocenters. The van der Waals surface area contributed by atoms with Crippen LogP contribution in [-0.2, 0) is 9.53 Å². The van der Waals surface area contributed by atoms with Gasteiger partial charge in [0.2, 0.25) is 0 Å². The summed E-state index contributed by atoms with van der Waals surface area (Å²) in [6.45, 7) is 12.3. The van der Waals surface area contributed by atoms with Gasteiger partial charge in [-0.15, -0.1) is 0 Å². The van der Waals surface area contributed by atoms with Crippen LogP contribution in [0.5, 0.6) is 0 Å². The summed E-state index contributed by atoms with van der Waals surface area (Å²) in [5.74, 6) is -0.374. The van der Waals surface area contributed by atoms with E-state index in [-0.39, 0.29) is 11.5 Å². The fraction of sp³-hybridized carbons (Fsp3) is 0.615. The van der Waals surface area contributed by atoms with Crippen molar-refractivity contribution in [2.45, 2.75) is 45.3 Å². The molecule has 4 nitrogen and oxygen atoms in total. The van der Waals surface area contributed by atoms with Crippen molar-refractivity contribution in [1.82, 2.24) is 10.2 Å². The Balaban J connectivity index is 2.64. The first-order valence-electron chi connectivity index (χ1n) is 5.79. The van der Waals surface area contributed by atoms with E-state index in [0.717, 1.165) is 13.1 Å². The summed E-state index contributed by atoms with van der Waals surface area (Å²) in [4.78, 5) is 13.4. The first kappa shape index (κ1) is 13.6. The molecule has 0 saturated carbocycles. The van der Waals surface area contributed by atoms with Gasteiger partial charge in [-0.05, 0) is 27.7 Å². The Kier molecular flexibility index (Phi) is 3.86. The molecular weight excluding hydrogens is 216 g/mol. The molecule has 0 unspecified atom stereocenters. The van der Waals surface area contributed by atoms with Crippen molar-refractivity contribution >= 4 is 5.97 Å². The third-order valence-corrected chi connectivity index (χ3v) is 2.81. The lowest BCUT2D eigenvalue weighted by molar-refractivity contribution is -0.152. The van der Waals surface area contributed by atoms with Gasteiger partial charge in [-0.3, -0.25) is 0 Å². The van der Waals surface area contributed by atoms with E-state index in [1.54, 1.807) is 0 Å². The number of nitrogens with one attached hydrogen (secondary N) is 1. The van der Waals surface area contributed by atoms with E-state index in [4.69, 9.17) is 4.74 Å². The zero-order valence-electron chi connectivity index (χ0n) is 11.1. The van der Waals surface area contributed by atoms with E-state index in [1.807, 2.05) is 26.2 Å². The molecule has 0 aromatic carbocycles.